The van der Waals surface area contributed by atoms with E-state index in [4.69, 9.17) is 0 Å². The summed E-state index contributed by atoms with van der Waals surface area (Å²) < 4.78 is 37.1. The first-order valence-electron chi connectivity index (χ1n) is 5.87. The van der Waals surface area contributed by atoms with Gasteiger partial charge in [0.1, 0.15) is 3.74 Å². The zero-order valence-electron chi connectivity index (χ0n) is 11.4. The van der Waals surface area contributed by atoms with Crippen molar-refractivity contribution in [1.82, 2.24) is 4.90 Å². The van der Waals surface area contributed by atoms with Crippen LogP contribution in [0, 0.1) is 10.2 Å². The van der Waals surface area contributed by atoms with Gasteiger partial charge in [-0.25, -0.2) is 0 Å². The molecule has 1 aliphatic rings. The highest BCUT2D eigenvalue weighted by Gasteiger charge is 2.30. The molecule has 21 heavy (non-hydrogen) atoms. The van der Waals surface area contributed by atoms with Gasteiger partial charge in [0.2, 0.25) is 0 Å². The van der Waals surface area contributed by atoms with Gasteiger partial charge in [-0.2, -0.15) is 14.0 Å². The molecule has 0 spiro atoms. The molecule has 114 valence electrons. The van der Waals surface area contributed by atoms with Gasteiger partial charge in [-0.3, -0.25) is 0 Å². The van der Waals surface area contributed by atoms with Crippen molar-refractivity contribution in [1.29, 1.82) is 0 Å². The summed E-state index contributed by atoms with van der Waals surface area (Å²) in [7, 11) is -0.705. The molecular weight excluding hydrogens is 334 g/mol. The Morgan fingerprint density at radius 2 is 1.86 bits per heavy atom. The number of hydrogen-bond acceptors (Lipinski definition) is 6. The SMILES string of the molecule is CN(C)/C=C\C1=S(O[Cl+3]([O-])([O-])[O-])SC(c2ccccc2)=C1. The maximum Gasteiger partial charge on any atom is 0.179 e. The second-order valence-corrected chi connectivity index (χ2v) is 8.53. The summed E-state index contributed by atoms with van der Waals surface area (Å²) in [6.07, 6.45) is 5.36. The molecule has 8 heteroatoms. The lowest BCUT2D eigenvalue weighted by atomic mass is 10.2. The van der Waals surface area contributed by atoms with E-state index < -0.39 is 20.0 Å². The first-order valence-corrected chi connectivity index (χ1v) is 9.59. The van der Waals surface area contributed by atoms with Crippen LogP contribution < -0.4 is 14.0 Å². The number of benzene rings is 1. The Morgan fingerprint density at radius 1 is 1.19 bits per heavy atom. The van der Waals surface area contributed by atoms with Gasteiger partial charge in [-0.15, -0.1) is 0 Å². The zero-order chi connectivity index (χ0) is 15.5. The van der Waals surface area contributed by atoms with Crippen LogP contribution in [0.25, 0.3) is 4.91 Å². The standard InChI is InChI=1S/C13H14ClNO4S2/c1-15(2)9-8-12-10-13(11-6-4-3-5-7-11)20-21(12)19-14(16,17)18/h3-10H,1-2H3/b9-8-. The van der Waals surface area contributed by atoms with Crippen LogP contribution in [0.3, 0.4) is 0 Å². The molecule has 1 heterocycles. The van der Waals surface area contributed by atoms with E-state index in [9.17, 15) is 14.0 Å². The average molecular weight is 348 g/mol. The van der Waals surface area contributed by atoms with Crippen molar-refractivity contribution in [2.75, 3.05) is 14.1 Å². The lowest BCUT2D eigenvalue weighted by Gasteiger charge is -2.12. The van der Waals surface area contributed by atoms with E-state index in [1.165, 1.54) is 10.8 Å². The molecule has 0 radical (unpaired) electrons. The van der Waals surface area contributed by atoms with Gasteiger partial charge in [0, 0.05) is 19.0 Å². The molecule has 2 rings (SSSR count). The van der Waals surface area contributed by atoms with Crippen molar-refractivity contribution in [3.8, 4) is 0 Å². The normalized spacial score (nSPS) is 19.2. The minimum Gasteiger partial charge on any atom is -0.383 e. The second kappa shape index (κ2) is 6.97. The predicted molar refractivity (Wildman–Crippen MR) is 78.5 cm³/mol. The average Bonchev–Trinajstić information content (AvgIpc) is 2.78. The van der Waals surface area contributed by atoms with E-state index in [1.807, 2.05) is 55.4 Å². The number of hydrogen-bond donors (Lipinski definition) is 0. The molecule has 0 saturated heterocycles. The van der Waals surface area contributed by atoms with Gasteiger partial charge in [0.05, 0.1) is 15.1 Å². The summed E-state index contributed by atoms with van der Waals surface area (Å²) in [5, 5.41) is 0. The number of nitrogens with zero attached hydrogens (tertiary/aromatic N) is 1. The van der Waals surface area contributed by atoms with Crippen LogP contribution in [0.2, 0.25) is 0 Å². The highest BCUT2D eigenvalue weighted by molar-refractivity contribution is 8.85. The minimum atomic E-state index is -4.46. The Morgan fingerprint density at radius 3 is 2.43 bits per heavy atom. The Hall–Kier alpha value is -0.800. The van der Waals surface area contributed by atoms with Crippen LogP contribution in [0.15, 0.2) is 48.7 Å². The molecule has 0 amide bonds. The van der Waals surface area contributed by atoms with E-state index >= 15 is 0 Å². The first kappa shape index (κ1) is 16.6. The van der Waals surface area contributed by atoms with Crippen LogP contribution in [-0.4, -0.2) is 23.9 Å². The quantitative estimate of drug-likeness (QED) is 0.425. The van der Waals surface area contributed by atoms with E-state index in [0.717, 1.165) is 10.5 Å². The van der Waals surface area contributed by atoms with Gasteiger partial charge in [0.25, 0.3) is 0 Å². The van der Waals surface area contributed by atoms with Crippen molar-refractivity contribution in [2.24, 2.45) is 0 Å². The van der Waals surface area contributed by atoms with Crippen LogP contribution in [0.5, 0.6) is 0 Å². The summed E-state index contributed by atoms with van der Waals surface area (Å²) in [5.41, 5.74) is 0.955. The third-order valence-corrected chi connectivity index (χ3v) is 6.79. The lowest BCUT2D eigenvalue weighted by Crippen LogP contribution is -2.60. The highest BCUT2D eigenvalue weighted by atomic mass is 35.7. The molecule has 0 aromatic heterocycles. The Kier molecular flexibility index (Phi) is 5.50. The molecule has 1 aromatic carbocycles. The third-order valence-electron chi connectivity index (χ3n) is 2.36. The van der Waals surface area contributed by atoms with Gasteiger partial charge >= 0.3 is 0 Å². The second-order valence-electron chi connectivity index (χ2n) is 4.32. The van der Waals surface area contributed by atoms with E-state index in [1.54, 1.807) is 12.3 Å². The Labute approximate surface area is 131 Å². The molecule has 1 atom stereocenters. The predicted octanol–water partition coefficient (Wildman–Crippen LogP) is 0.0348. The fourth-order valence-electron chi connectivity index (χ4n) is 1.51. The van der Waals surface area contributed by atoms with Crippen LogP contribution in [-0.2, 0) is 3.74 Å². The van der Waals surface area contributed by atoms with Crippen LogP contribution >= 0.6 is 20.6 Å². The Balaban J connectivity index is 2.27. The first-order chi connectivity index (χ1) is 9.85. The summed E-state index contributed by atoms with van der Waals surface area (Å²) in [4.78, 5) is 3.34. The van der Waals surface area contributed by atoms with Crippen LogP contribution in [0.4, 0.5) is 0 Å². The molecule has 1 aliphatic heterocycles. The largest absolute Gasteiger partial charge is 0.383 e. The zero-order valence-corrected chi connectivity index (χ0v) is 13.8. The van der Waals surface area contributed by atoms with Crippen molar-refractivity contribution in [3.63, 3.8) is 0 Å². The molecule has 5 nitrogen and oxygen atoms in total. The smallest absolute Gasteiger partial charge is 0.179 e. The van der Waals surface area contributed by atoms with Gasteiger partial charge in [-0.05, 0) is 34.7 Å². The molecule has 0 N–H and O–H groups in total. The summed E-state index contributed by atoms with van der Waals surface area (Å²) in [5.74, 6) is 0. The molecule has 0 aliphatic carbocycles. The molecule has 0 saturated carbocycles. The molecule has 1 aromatic rings. The summed E-state index contributed by atoms with van der Waals surface area (Å²) in [6, 6.07) is 9.53. The monoisotopic (exact) mass is 347 g/mol. The molecular formula is C13H14ClNO4S2. The fourth-order valence-corrected chi connectivity index (χ4v) is 5.91. The maximum absolute atomic E-state index is 10.8. The highest BCUT2D eigenvalue weighted by Crippen LogP contribution is 2.50. The Bertz CT molecular complexity index is 594. The minimum absolute atomic E-state index is 0.652. The molecule has 1 unspecified atom stereocenters. The van der Waals surface area contributed by atoms with Gasteiger partial charge in [-0.1, -0.05) is 30.3 Å². The summed E-state index contributed by atoms with van der Waals surface area (Å²) >= 11 is 0. The van der Waals surface area contributed by atoms with E-state index in [2.05, 4.69) is 3.74 Å². The van der Waals surface area contributed by atoms with E-state index in [0.29, 0.717) is 4.86 Å². The number of rotatable bonds is 5. The lowest BCUT2D eigenvalue weighted by molar-refractivity contribution is -1.91. The van der Waals surface area contributed by atoms with Gasteiger partial charge in [0.15, 0.2) is 9.80 Å². The third kappa shape index (κ3) is 5.15. The number of allylic oxidation sites excluding steroid dienone is 2. The van der Waals surface area contributed by atoms with Crippen molar-refractivity contribution >= 4 is 30.4 Å². The van der Waals surface area contributed by atoms with Crippen LogP contribution in [0.1, 0.15) is 5.56 Å². The van der Waals surface area contributed by atoms with Crippen molar-refractivity contribution in [3.05, 3.63) is 54.2 Å². The maximum atomic E-state index is 10.8. The molecule has 0 fully saturated rings. The molecule has 0 bridgehead atoms. The topological polar surface area (TPSA) is 81.7 Å². The fraction of sp³-hybridized carbons (Fsp3) is 0.154. The van der Waals surface area contributed by atoms with E-state index in [-0.39, 0.29) is 0 Å². The summed E-state index contributed by atoms with van der Waals surface area (Å²) in [6.45, 7) is 0. The van der Waals surface area contributed by atoms with Crippen molar-refractivity contribution in [2.45, 2.75) is 0 Å². The van der Waals surface area contributed by atoms with Crippen molar-refractivity contribution < 1.29 is 28.0 Å². The number of halogens is 1. The van der Waals surface area contributed by atoms with Gasteiger partial charge < -0.3 is 4.90 Å².